The van der Waals surface area contributed by atoms with E-state index in [0.29, 0.717) is 17.9 Å². The number of imide groups is 1. The Bertz CT molecular complexity index is 1150. The van der Waals surface area contributed by atoms with Gasteiger partial charge in [0.15, 0.2) is 0 Å². The second-order valence-corrected chi connectivity index (χ2v) is 8.85. The van der Waals surface area contributed by atoms with Gasteiger partial charge in [0, 0.05) is 17.3 Å². The van der Waals surface area contributed by atoms with E-state index < -0.39 is 23.2 Å². The lowest BCUT2D eigenvalue weighted by Crippen LogP contribution is -2.54. The molecule has 3 amide bonds. The van der Waals surface area contributed by atoms with Gasteiger partial charge in [-0.15, -0.1) is 0 Å². The third kappa shape index (κ3) is 2.17. The predicted molar refractivity (Wildman–Crippen MR) is 112 cm³/mol. The molecule has 2 aromatic carbocycles. The molecule has 4 atom stereocenters. The summed E-state index contributed by atoms with van der Waals surface area (Å²) in [6.45, 7) is 2.73. The summed E-state index contributed by atoms with van der Waals surface area (Å²) < 4.78 is 13.5. The number of rotatable bonds is 2. The van der Waals surface area contributed by atoms with Crippen molar-refractivity contribution in [2.45, 2.75) is 37.8 Å². The first-order valence-corrected chi connectivity index (χ1v) is 10.8. The Morgan fingerprint density at radius 2 is 1.87 bits per heavy atom. The summed E-state index contributed by atoms with van der Waals surface area (Å²) in [4.78, 5) is 44.2. The zero-order valence-electron chi connectivity index (χ0n) is 17.1. The number of fused-ring (bicyclic) bond motifs is 7. The summed E-state index contributed by atoms with van der Waals surface area (Å²) in [6, 6.07) is 11.1. The summed E-state index contributed by atoms with van der Waals surface area (Å²) in [6.07, 6.45) is 2.46. The number of anilines is 2. The van der Waals surface area contributed by atoms with Crippen LogP contribution in [0.25, 0.3) is 0 Å². The summed E-state index contributed by atoms with van der Waals surface area (Å²) in [7, 11) is 0. The minimum absolute atomic E-state index is 0.158. The van der Waals surface area contributed by atoms with Gasteiger partial charge < -0.3 is 5.32 Å². The molecule has 4 aliphatic rings. The Hall–Kier alpha value is -3.06. The van der Waals surface area contributed by atoms with Crippen LogP contribution in [-0.2, 0) is 26.3 Å². The fourth-order valence-electron chi connectivity index (χ4n) is 6.31. The molecular weight excluding hydrogens is 397 g/mol. The molecule has 158 valence electrons. The lowest BCUT2D eigenvalue weighted by molar-refractivity contribution is -0.135. The molecule has 0 saturated carbocycles. The average Bonchev–Trinajstić information content (AvgIpc) is 3.47. The summed E-state index contributed by atoms with van der Waals surface area (Å²) in [5.41, 5.74) is 1.79. The Balaban J connectivity index is 1.55. The molecule has 4 aliphatic heterocycles. The molecule has 3 fully saturated rings. The van der Waals surface area contributed by atoms with Crippen LogP contribution in [0.2, 0.25) is 0 Å². The highest BCUT2D eigenvalue weighted by atomic mass is 19.1. The van der Waals surface area contributed by atoms with Gasteiger partial charge in [-0.2, -0.15) is 0 Å². The molecule has 7 heteroatoms. The van der Waals surface area contributed by atoms with E-state index in [1.165, 1.54) is 29.2 Å². The van der Waals surface area contributed by atoms with Crippen molar-refractivity contribution < 1.29 is 18.8 Å². The quantitative estimate of drug-likeness (QED) is 0.760. The van der Waals surface area contributed by atoms with Crippen LogP contribution >= 0.6 is 0 Å². The van der Waals surface area contributed by atoms with Crippen LogP contribution in [0, 0.1) is 17.7 Å². The van der Waals surface area contributed by atoms with Crippen molar-refractivity contribution in [2.24, 2.45) is 11.8 Å². The minimum Gasteiger partial charge on any atom is -0.324 e. The fraction of sp³-hybridized carbons (Fsp3) is 0.375. The van der Waals surface area contributed by atoms with Gasteiger partial charge in [0.05, 0.1) is 17.5 Å². The Kier molecular flexibility index (Phi) is 3.76. The van der Waals surface area contributed by atoms with Gasteiger partial charge >= 0.3 is 0 Å². The van der Waals surface area contributed by atoms with E-state index in [1.54, 1.807) is 0 Å². The number of hydrogen-bond donors (Lipinski definition) is 1. The summed E-state index contributed by atoms with van der Waals surface area (Å²) in [5, 5.41) is 2.99. The van der Waals surface area contributed by atoms with E-state index in [4.69, 9.17) is 0 Å². The van der Waals surface area contributed by atoms with Crippen molar-refractivity contribution in [2.75, 3.05) is 16.8 Å². The van der Waals surface area contributed by atoms with Crippen LogP contribution in [0.3, 0.4) is 0 Å². The van der Waals surface area contributed by atoms with Crippen LogP contribution < -0.4 is 10.2 Å². The zero-order chi connectivity index (χ0) is 21.5. The van der Waals surface area contributed by atoms with Gasteiger partial charge in [-0.25, -0.2) is 9.29 Å². The molecule has 1 N–H and O–H groups in total. The second kappa shape index (κ2) is 6.23. The number of halogens is 1. The topological polar surface area (TPSA) is 69.7 Å². The molecule has 6 rings (SSSR count). The molecule has 1 spiro atoms. The van der Waals surface area contributed by atoms with Crippen molar-refractivity contribution in [3.05, 3.63) is 59.4 Å². The molecule has 0 unspecified atom stereocenters. The van der Waals surface area contributed by atoms with Crippen LogP contribution in [0.15, 0.2) is 42.5 Å². The van der Waals surface area contributed by atoms with Crippen molar-refractivity contribution in [3.8, 4) is 0 Å². The lowest BCUT2D eigenvalue weighted by atomic mass is 9.75. The number of benzene rings is 2. The molecule has 0 radical (unpaired) electrons. The van der Waals surface area contributed by atoms with Crippen LogP contribution in [0.5, 0.6) is 0 Å². The second-order valence-electron chi connectivity index (χ2n) is 8.85. The lowest BCUT2D eigenvalue weighted by Gasteiger charge is -2.36. The van der Waals surface area contributed by atoms with E-state index in [0.717, 1.165) is 30.4 Å². The van der Waals surface area contributed by atoms with E-state index in [-0.39, 0.29) is 23.8 Å². The van der Waals surface area contributed by atoms with Gasteiger partial charge in [0.1, 0.15) is 11.4 Å². The number of carbonyl (C=O) groups excluding carboxylic acids is 3. The first-order chi connectivity index (χ1) is 15.0. The van der Waals surface area contributed by atoms with Gasteiger partial charge in [-0.05, 0) is 61.7 Å². The molecule has 3 saturated heterocycles. The number of nitrogens with zero attached hydrogens (tertiary/aromatic N) is 2. The predicted octanol–water partition coefficient (Wildman–Crippen LogP) is 2.82. The SMILES string of the molecule is CCc1ccc2c(c1)[C@]1(C(=O)N2)[C@@H]2C(=O)N(c3ccc(F)cc3)C(=O)[C@H]2[C@@H]2CCCN21. The van der Waals surface area contributed by atoms with Crippen molar-refractivity contribution >= 4 is 29.1 Å². The normalized spacial score (nSPS) is 31.4. The van der Waals surface area contributed by atoms with Crippen LogP contribution in [-0.4, -0.2) is 35.2 Å². The van der Waals surface area contributed by atoms with Crippen LogP contribution in [0.1, 0.15) is 30.9 Å². The molecule has 0 aromatic heterocycles. The van der Waals surface area contributed by atoms with Gasteiger partial charge in [0.25, 0.3) is 0 Å². The summed E-state index contributed by atoms with van der Waals surface area (Å²) >= 11 is 0. The molecule has 6 nitrogen and oxygen atoms in total. The first kappa shape index (κ1) is 18.7. The monoisotopic (exact) mass is 419 g/mol. The molecule has 0 aliphatic carbocycles. The standard InChI is InChI=1S/C24H22FN3O3/c1-2-13-5-10-17-16(12-13)24(23(31)26-17)20-19(18-4-3-11-27(18)24)21(29)28(22(20)30)15-8-6-14(25)7-9-15/h5-10,12,18-20H,2-4,11H2,1H3,(H,26,31)/t18-,19-,20-,24+/m0/s1. The van der Waals surface area contributed by atoms with E-state index in [9.17, 15) is 18.8 Å². The van der Waals surface area contributed by atoms with Gasteiger partial charge in [-0.3, -0.25) is 19.3 Å². The number of aryl methyl sites for hydroxylation is 1. The van der Waals surface area contributed by atoms with E-state index in [1.807, 2.05) is 18.2 Å². The summed E-state index contributed by atoms with van der Waals surface area (Å²) in [5.74, 6) is -2.69. The average molecular weight is 419 g/mol. The smallest absolute Gasteiger partial charge is 0.250 e. The third-order valence-electron chi connectivity index (χ3n) is 7.55. The number of amides is 3. The highest BCUT2D eigenvalue weighted by Crippen LogP contribution is 2.60. The minimum atomic E-state index is -1.17. The molecule has 2 aromatic rings. The maximum atomic E-state index is 13.8. The molecule has 0 bridgehead atoms. The van der Waals surface area contributed by atoms with E-state index >= 15 is 0 Å². The first-order valence-electron chi connectivity index (χ1n) is 10.8. The fourth-order valence-corrected chi connectivity index (χ4v) is 6.31. The largest absolute Gasteiger partial charge is 0.324 e. The van der Waals surface area contributed by atoms with E-state index in [2.05, 4.69) is 17.1 Å². The maximum absolute atomic E-state index is 13.8. The number of nitrogens with one attached hydrogen (secondary N) is 1. The molecule has 31 heavy (non-hydrogen) atoms. The van der Waals surface area contributed by atoms with Crippen molar-refractivity contribution in [1.29, 1.82) is 0 Å². The molecule has 4 heterocycles. The van der Waals surface area contributed by atoms with Gasteiger partial charge in [-0.1, -0.05) is 19.1 Å². The van der Waals surface area contributed by atoms with Crippen molar-refractivity contribution in [3.63, 3.8) is 0 Å². The Morgan fingerprint density at radius 1 is 1.10 bits per heavy atom. The highest BCUT2D eigenvalue weighted by Gasteiger charge is 2.74. The number of hydrogen-bond acceptors (Lipinski definition) is 4. The highest BCUT2D eigenvalue weighted by molar-refractivity contribution is 6.25. The Labute approximate surface area is 179 Å². The Morgan fingerprint density at radius 3 is 2.61 bits per heavy atom. The van der Waals surface area contributed by atoms with Crippen LogP contribution in [0.4, 0.5) is 15.8 Å². The van der Waals surface area contributed by atoms with Crippen molar-refractivity contribution in [1.82, 2.24) is 4.90 Å². The number of carbonyl (C=O) groups is 3. The maximum Gasteiger partial charge on any atom is 0.250 e. The zero-order valence-corrected chi connectivity index (χ0v) is 17.1. The third-order valence-corrected chi connectivity index (χ3v) is 7.55. The molecular formula is C24H22FN3O3. The van der Waals surface area contributed by atoms with Gasteiger partial charge in [0.2, 0.25) is 17.7 Å².